The molecule has 0 aliphatic heterocycles. The van der Waals surface area contributed by atoms with Gasteiger partial charge in [-0.1, -0.05) is 6.07 Å². The lowest BCUT2D eigenvalue weighted by molar-refractivity contribution is -0.00168. The van der Waals surface area contributed by atoms with Crippen molar-refractivity contribution in [2.24, 2.45) is 11.8 Å². The molecule has 1 N–H and O–H groups in total. The van der Waals surface area contributed by atoms with Crippen LogP contribution in [0.15, 0.2) is 24.5 Å². The van der Waals surface area contributed by atoms with Crippen molar-refractivity contribution in [2.45, 2.75) is 77.2 Å². The standard InChI is InChI=1S/C24H33N3O2/c1-15-5-10-22(26-12-15)20-11-18(20)14-29-23-21(13-25-16(2)27-23)17-6-8-19(9-7-17)24(3,4)28/h5,10,12-13,17-20,28H,6-9,11,14H2,1-4H3/t17?,18-,19?,20+/m1/s1. The van der Waals surface area contributed by atoms with E-state index >= 15 is 0 Å². The van der Waals surface area contributed by atoms with Crippen molar-refractivity contribution in [1.29, 1.82) is 0 Å². The highest BCUT2D eigenvalue weighted by Crippen LogP contribution is 2.47. The molecule has 2 heterocycles. The molecule has 2 atom stereocenters. The summed E-state index contributed by atoms with van der Waals surface area (Å²) in [7, 11) is 0. The normalized spacial score (nSPS) is 26.9. The second-order valence-corrected chi connectivity index (χ2v) is 9.55. The summed E-state index contributed by atoms with van der Waals surface area (Å²) in [5.74, 6) is 3.30. The van der Waals surface area contributed by atoms with E-state index in [2.05, 4.69) is 34.0 Å². The lowest BCUT2D eigenvalue weighted by Crippen LogP contribution is -2.33. The number of hydrogen-bond acceptors (Lipinski definition) is 5. The van der Waals surface area contributed by atoms with E-state index in [9.17, 15) is 5.11 Å². The van der Waals surface area contributed by atoms with Gasteiger partial charge in [0.1, 0.15) is 5.82 Å². The van der Waals surface area contributed by atoms with Gasteiger partial charge < -0.3 is 9.84 Å². The highest BCUT2D eigenvalue weighted by atomic mass is 16.5. The maximum atomic E-state index is 10.3. The maximum Gasteiger partial charge on any atom is 0.220 e. The van der Waals surface area contributed by atoms with Crippen LogP contribution < -0.4 is 4.74 Å². The molecule has 0 aromatic carbocycles. The number of hydrogen-bond donors (Lipinski definition) is 1. The highest BCUT2D eigenvalue weighted by Gasteiger charge is 2.40. The monoisotopic (exact) mass is 395 g/mol. The molecule has 4 rings (SSSR count). The summed E-state index contributed by atoms with van der Waals surface area (Å²) in [5.41, 5.74) is 2.91. The van der Waals surface area contributed by atoms with Crippen LogP contribution in [0.3, 0.4) is 0 Å². The van der Waals surface area contributed by atoms with Gasteiger partial charge in [0.05, 0.1) is 12.2 Å². The van der Waals surface area contributed by atoms with E-state index in [1.807, 2.05) is 33.2 Å². The number of pyridine rings is 1. The molecular formula is C24H33N3O2. The highest BCUT2D eigenvalue weighted by molar-refractivity contribution is 5.29. The summed E-state index contributed by atoms with van der Waals surface area (Å²) in [5, 5.41) is 10.3. The Morgan fingerprint density at radius 1 is 1.07 bits per heavy atom. The lowest BCUT2D eigenvalue weighted by Gasteiger charge is -2.36. The first-order chi connectivity index (χ1) is 13.8. The van der Waals surface area contributed by atoms with Gasteiger partial charge >= 0.3 is 0 Å². The van der Waals surface area contributed by atoms with Crippen molar-refractivity contribution in [3.8, 4) is 5.88 Å². The van der Waals surface area contributed by atoms with Gasteiger partial charge in [0.2, 0.25) is 5.88 Å². The molecule has 156 valence electrons. The third-order valence-electron chi connectivity index (χ3n) is 6.74. The quantitative estimate of drug-likeness (QED) is 0.767. The van der Waals surface area contributed by atoms with Crippen LogP contribution in [0, 0.1) is 25.7 Å². The SMILES string of the molecule is Cc1ccc([C@H]2C[C@@H]2COc2nc(C)ncc2C2CCC(C(C)(C)O)CC2)nc1. The molecule has 0 saturated heterocycles. The van der Waals surface area contributed by atoms with Gasteiger partial charge in [-0.15, -0.1) is 0 Å². The molecule has 29 heavy (non-hydrogen) atoms. The summed E-state index contributed by atoms with van der Waals surface area (Å²) < 4.78 is 6.24. The minimum atomic E-state index is -0.598. The Bertz CT molecular complexity index is 836. The van der Waals surface area contributed by atoms with Crippen LogP contribution >= 0.6 is 0 Å². The van der Waals surface area contributed by atoms with Gasteiger partial charge in [-0.3, -0.25) is 4.98 Å². The third-order valence-corrected chi connectivity index (χ3v) is 6.74. The average Bonchev–Trinajstić information content (AvgIpc) is 3.46. The first kappa shape index (κ1) is 20.3. The largest absolute Gasteiger partial charge is 0.477 e. The Kier molecular flexibility index (Phi) is 5.60. The van der Waals surface area contributed by atoms with Crippen LogP contribution in [0.25, 0.3) is 0 Å². The van der Waals surface area contributed by atoms with E-state index in [1.165, 1.54) is 11.3 Å². The van der Waals surface area contributed by atoms with E-state index in [-0.39, 0.29) is 0 Å². The van der Waals surface area contributed by atoms with Gasteiger partial charge in [0, 0.05) is 35.5 Å². The summed E-state index contributed by atoms with van der Waals surface area (Å²) >= 11 is 0. The number of rotatable bonds is 6. The number of aliphatic hydroxyl groups is 1. The van der Waals surface area contributed by atoms with Crippen molar-refractivity contribution in [3.05, 3.63) is 47.2 Å². The smallest absolute Gasteiger partial charge is 0.220 e. The zero-order chi connectivity index (χ0) is 20.6. The first-order valence-electron chi connectivity index (χ1n) is 10.9. The van der Waals surface area contributed by atoms with Crippen molar-refractivity contribution < 1.29 is 9.84 Å². The fourth-order valence-electron chi connectivity index (χ4n) is 4.64. The zero-order valence-electron chi connectivity index (χ0n) is 18.1. The van der Waals surface area contributed by atoms with E-state index in [0.717, 1.165) is 49.4 Å². The van der Waals surface area contributed by atoms with Gasteiger partial charge in [-0.2, -0.15) is 4.98 Å². The van der Waals surface area contributed by atoms with Crippen LogP contribution in [0.1, 0.15) is 80.4 Å². The minimum absolute atomic E-state index is 0.365. The van der Waals surface area contributed by atoms with Gasteiger partial charge in [0.25, 0.3) is 0 Å². The van der Waals surface area contributed by atoms with Gasteiger partial charge in [-0.25, -0.2) is 4.98 Å². The molecule has 0 unspecified atom stereocenters. The van der Waals surface area contributed by atoms with Crippen LogP contribution in [0.4, 0.5) is 0 Å². The molecule has 2 aromatic rings. The number of nitrogens with zero attached hydrogens (tertiary/aromatic N) is 3. The molecule has 2 saturated carbocycles. The lowest BCUT2D eigenvalue weighted by atomic mass is 9.73. The molecule has 2 aliphatic carbocycles. The Morgan fingerprint density at radius 3 is 2.48 bits per heavy atom. The molecule has 2 aliphatic rings. The molecule has 0 amide bonds. The molecule has 2 fully saturated rings. The second-order valence-electron chi connectivity index (χ2n) is 9.55. The molecule has 5 heteroatoms. The third kappa shape index (κ3) is 4.77. The second kappa shape index (κ2) is 8.02. The molecule has 0 bridgehead atoms. The van der Waals surface area contributed by atoms with Gasteiger partial charge in [-0.05, 0) is 83.3 Å². The summed E-state index contributed by atoms with van der Waals surface area (Å²) in [6.07, 6.45) is 9.20. The average molecular weight is 396 g/mol. The van der Waals surface area contributed by atoms with Crippen molar-refractivity contribution in [2.75, 3.05) is 6.61 Å². The van der Waals surface area contributed by atoms with E-state index in [4.69, 9.17) is 4.74 Å². The molecule has 2 aromatic heterocycles. The Hall–Kier alpha value is -2.01. The molecular weight excluding hydrogens is 362 g/mol. The van der Waals surface area contributed by atoms with Crippen LogP contribution in [-0.2, 0) is 0 Å². The van der Waals surface area contributed by atoms with E-state index in [0.29, 0.717) is 30.3 Å². The maximum absolute atomic E-state index is 10.3. The zero-order valence-corrected chi connectivity index (χ0v) is 18.1. The Labute approximate surface area is 174 Å². The van der Waals surface area contributed by atoms with Gasteiger partial charge in [0.15, 0.2) is 0 Å². The Morgan fingerprint density at radius 2 is 1.83 bits per heavy atom. The van der Waals surface area contributed by atoms with Crippen molar-refractivity contribution in [3.63, 3.8) is 0 Å². The summed E-state index contributed by atoms with van der Waals surface area (Å²) in [6, 6.07) is 4.27. The fourth-order valence-corrected chi connectivity index (χ4v) is 4.64. The topological polar surface area (TPSA) is 68.1 Å². The van der Waals surface area contributed by atoms with Crippen LogP contribution in [-0.4, -0.2) is 32.3 Å². The van der Waals surface area contributed by atoms with Crippen LogP contribution in [0.2, 0.25) is 0 Å². The summed E-state index contributed by atoms with van der Waals surface area (Å²) in [6.45, 7) is 8.52. The molecule has 5 nitrogen and oxygen atoms in total. The van der Waals surface area contributed by atoms with Crippen LogP contribution in [0.5, 0.6) is 5.88 Å². The first-order valence-corrected chi connectivity index (χ1v) is 10.9. The number of ether oxygens (including phenoxy) is 1. The number of aromatic nitrogens is 3. The van der Waals surface area contributed by atoms with E-state index in [1.54, 1.807) is 0 Å². The van der Waals surface area contributed by atoms with Crippen molar-refractivity contribution >= 4 is 0 Å². The van der Waals surface area contributed by atoms with E-state index < -0.39 is 5.60 Å². The predicted molar refractivity (Wildman–Crippen MR) is 113 cm³/mol. The predicted octanol–water partition coefficient (Wildman–Crippen LogP) is 4.72. The molecule has 0 radical (unpaired) electrons. The molecule has 0 spiro atoms. The number of aryl methyl sites for hydroxylation is 2. The Balaban J connectivity index is 1.39. The summed E-state index contributed by atoms with van der Waals surface area (Å²) in [4.78, 5) is 13.6. The van der Waals surface area contributed by atoms with Crippen molar-refractivity contribution in [1.82, 2.24) is 15.0 Å². The fraction of sp³-hybridized carbons (Fsp3) is 0.625. The minimum Gasteiger partial charge on any atom is -0.477 e.